The van der Waals surface area contributed by atoms with Gasteiger partial charge in [0.1, 0.15) is 60.1 Å². The summed E-state index contributed by atoms with van der Waals surface area (Å²) < 4.78 is 6.01. The lowest BCUT2D eigenvalue weighted by molar-refractivity contribution is -0.142. The molecular weight excluding hydrogens is 1140 g/mol. The number of urea groups is 1. The molecule has 0 saturated carbocycles. The molecule has 0 spiro atoms. The van der Waals surface area contributed by atoms with Crippen molar-refractivity contribution >= 4 is 76.0 Å². The van der Waals surface area contributed by atoms with Crippen molar-refractivity contribution in [1.29, 1.82) is 0 Å². The summed E-state index contributed by atoms with van der Waals surface area (Å²) in [6, 6.07) is -0.421. The number of H-pyrrole nitrogens is 2. The van der Waals surface area contributed by atoms with Crippen LogP contribution in [0.4, 0.5) is 4.79 Å². The molecule has 88 heavy (non-hydrogen) atoms. The van der Waals surface area contributed by atoms with Crippen molar-refractivity contribution in [2.24, 2.45) is 17.4 Å². The largest absolute Gasteiger partial charge is 0.508 e. The Hall–Kier alpha value is -9.16. The molecule has 30 nitrogen and oxygen atoms in total. The number of ether oxygens (including phenoxy) is 1. The van der Waals surface area contributed by atoms with E-state index in [-0.39, 0.29) is 88.5 Å². The third-order valence-electron chi connectivity index (χ3n) is 14.6. The van der Waals surface area contributed by atoms with E-state index in [4.69, 9.17) is 16.2 Å². The molecule has 0 unspecified atom stereocenters. The van der Waals surface area contributed by atoms with Crippen molar-refractivity contribution in [3.05, 3.63) is 84.1 Å². The number of primary amides is 1. The Labute approximate surface area is 507 Å². The molecule has 9 atom stereocenters. The molecule has 2 aliphatic heterocycles. The Morgan fingerprint density at radius 1 is 0.727 bits per heavy atom. The summed E-state index contributed by atoms with van der Waals surface area (Å²) in [5.41, 5.74) is 16.3. The minimum atomic E-state index is -1.79. The summed E-state index contributed by atoms with van der Waals surface area (Å²) in [5, 5.41) is 42.7. The topological polar surface area (TPSA) is 458 Å². The zero-order chi connectivity index (χ0) is 64.2. The fourth-order valence-electron chi connectivity index (χ4n) is 10.1. The lowest BCUT2D eigenvalue weighted by atomic mass is 10.0. The quantitative estimate of drug-likeness (QED) is 0.0242. The van der Waals surface area contributed by atoms with E-state index in [1.807, 2.05) is 5.43 Å². The van der Waals surface area contributed by atoms with Crippen molar-refractivity contribution in [1.82, 2.24) is 73.2 Å². The summed E-state index contributed by atoms with van der Waals surface area (Å²) in [4.78, 5) is 162. The number of imidazole rings is 1. The normalized spacial score (nSPS) is 17.2. The molecule has 0 radical (unpaired) electrons. The van der Waals surface area contributed by atoms with Gasteiger partial charge in [-0.05, 0) is 101 Å². The fraction of sp³-hybridized carbons (Fsp3) is 0.517. The number of likely N-dealkylation sites (tertiary alicyclic amines) is 1. The zero-order valence-corrected chi connectivity index (χ0v) is 49.9. The minimum Gasteiger partial charge on any atom is -0.508 e. The molecule has 2 aromatic heterocycles. The van der Waals surface area contributed by atoms with Gasteiger partial charge in [0, 0.05) is 61.2 Å². The SMILES string of the molecule is CC(C)C[C@H](NC(=O)[C@@H](COC(C)(C)C)NC(=O)[C@H](Cc1ccc(O)cc1)NC(=O)[C@H](CO)NC(=O)[C@H](Cc1c[nH]c2ccccc12)NC(=O)[C@H](Cc1cnc[nH]1)NC(=O)[C@@H]1CCC(=O)N1)C(=O)N[C@@H](CCCN)C(=O)N1CCC[C@H]1C(=O)NNC(N)=O. The highest BCUT2D eigenvalue weighted by molar-refractivity contribution is 5.99. The molecule has 2 fully saturated rings. The minimum absolute atomic E-state index is 0.0352. The molecule has 0 aliphatic carbocycles. The van der Waals surface area contributed by atoms with Crippen molar-refractivity contribution < 1.29 is 67.7 Å². The van der Waals surface area contributed by atoms with E-state index >= 15 is 0 Å². The molecule has 30 heteroatoms. The number of benzene rings is 2. The highest BCUT2D eigenvalue weighted by Gasteiger charge is 2.40. The predicted molar refractivity (Wildman–Crippen MR) is 317 cm³/mol. The van der Waals surface area contributed by atoms with E-state index in [0.717, 1.165) is 0 Å². The summed E-state index contributed by atoms with van der Waals surface area (Å²) in [6.45, 7) is 7.48. The number of rotatable bonds is 30. The summed E-state index contributed by atoms with van der Waals surface area (Å²) in [6.07, 6.45) is 5.23. The Morgan fingerprint density at radius 3 is 1.94 bits per heavy atom. The average Bonchev–Trinajstić information content (AvgIpc) is 2.70. The Balaban J connectivity index is 1.23. The standard InChI is InChI=1S/C58H82N16O14/c1-31(2)22-40(49(79)65-39(12-8-20-59)56(86)74-21-9-13-46(74)55(85)72-73-57(60)87)66-54(84)45(29-88-58(3,4)5)71-50(80)41(23-32-14-16-35(76)17-15-32)67-53(83)44(28-75)70-51(81)42(24-33-26-62-37-11-7-6-10-36(33)37)68-52(82)43(25-34-27-61-30-63-34)69-48(78)38-18-19-47(77)64-38/h6-7,10-11,14-17,26-27,30-31,38-46,62,75-76H,8-9,12-13,18-25,28-29,59H2,1-5H3,(H,61,63)(H,64,77)(H,65,79)(H,66,84)(H,67,83)(H,68,82)(H,69,78)(H,70,81)(H,71,80)(H,72,85)(H3,60,73,87)/t38-,39-,40-,41-,42-,43-,44-,45+,46-/m0/s1. The number of phenols is 1. The molecule has 2 aromatic carbocycles. The molecule has 6 rings (SSSR count). The number of nitrogens with two attached hydrogens (primary N) is 2. The second kappa shape index (κ2) is 32.0. The number of aromatic amines is 2. The van der Waals surface area contributed by atoms with Crippen LogP contribution in [0.2, 0.25) is 0 Å². The molecule has 18 N–H and O–H groups in total. The number of nitrogens with one attached hydrogen (secondary N) is 12. The van der Waals surface area contributed by atoms with Gasteiger partial charge in [0.25, 0.3) is 5.91 Å². The van der Waals surface area contributed by atoms with Gasteiger partial charge in [-0.1, -0.05) is 44.2 Å². The van der Waals surface area contributed by atoms with Crippen LogP contribution in [-0.2, 0) is 71.9 Å². The number of amides is 12. The highest BCUT2D eigenvalue weighted by Crippen LogP contribution is 2.22. The number of para-hydroxylation sites is 1. The number of aliphatic hydroxyl groups is 1. The van der Waals surface area contributed by atoms with Gasteiger partial charge < -0.3 is 83.8 Å². The van der Waals surface area contributed by atoms with Gasteiger partial charge in [-0.15, -0.1) is 0 Å². The van der Waals surface area contributed by atoms with Gasteiger partial charge in [-0.2, -0.15) is 0 Å². The van der Waals surface area contributed by atoms with Crippen molar-refractivity contribution in [3.8, 4) is 5.75 Å². The molecular formula is C58H82N16O14. The predicted octanol–water partition coefficient (Wildman–Crippen LogP) is -2.42. The first-order chi connectivity index (χ1) is 41.8. The molecule has 12 amide bonds. The third-order valence-corrected chi connectivity index (χ3v) is 14.6. The van der Waals surface area contributed by atoms with Crippen LogP contribution in [0.15, 0.2) is 67.3 Å². The number of nitrogens with zero attached hydrogens (tertiary/aromatic N) is 2. The van der Waals surface area contributed by atoms with Crippen molar-refractivity contribution in [2.75, 3.05) is 26.3 Å². The maximum Gasteiger partial charge on any atom is 0.330 e. The van der Waals surface area contributed by atoms with Gasteiger partial charge >= 0.3 is 6.03 Å². The number of hydrogen-bond acceptors (Lipinski definition) is 16. The highest BCUT2D eigenvalue weighted by atomic mass is 16.5. The van der Waals surface area contributed by atoms with Gasteiger partial charge in [0.15, 0.2) is 0 Å². The molecule has 2 aliphatic rings. The van der Waals surface area contributed by atoms with Crippen LogP contribution < -0.4 is 64.9 Å². The van der Waals surface area contributed by atoms with Crippen LogP contribution in [0.25, 0.3) is 10.9 Å². The smallest absolute Gasteiger partial charge is 0.330 e. The lowest BCUT2D eigenvalue weighted by Gasteiger charge is -2.31. The Morgan fingerprint density at radius 2 is 1.33 bits per heavy atom. The van der Waals surface area contributed by atoms with E-state index < -0.39 is 132 Å². The summed E-state index contributed by atoms with van der Waals surface area (Å²) in [5.74, 6) is -8.16. The van der Waals surface area contributed by atoms with Gasteiger partial charge in [-0.25, -0.2) is 15.2 Å². The van der Waals surface area contributed by atoms with Crippen molar-refractivity contribution in [2.45, 2.75) is 159 Å². The van der Waals surface area contributed by atoms with Gasteiger partial charge in [0.2, 0.25) is 53.2 Å². The lowest BCUT2D eigenvalue weighted by Crippen LogP contribution is -2.62. The average molecular weight is 1230 g/mol. The van der Waals surface area contributed by atoms with Crippen LogP contribution in [0, 0.1) is 5.92 Å². The van der Waals surface area contributed by atoms with E-state index in [0.29, 0.717) is 34.1 Å². The van der Waals surface area contributed by atoms with Crippen molar-refractivity contribution in [3.63, 3.8) is 0 Å². The second-order valence-corrected chi connectivity index (χ2v) is 23.1. The van der Waals surface area contributed by atoms with Crippen LogP contribution in [0.5, 0.6) is 5.75 Å². The number of fused-ring (bicyclic) bond motifs is 1. The Kier molecular flexibility index (Phi) is 24.7. The van der Waals surface area contributed by atoms with E-state index in [2.05, 4.69) is 62.9 Å². The number of carbonyl (C=O) groups excluding carboxylic acids is 11. The zero-order valence-electron chi connectivity index (χ0n) is 49.9. The van der Waals surface area contributed by atoms with Crippen LogP contribution in [0.3, 0.4) is 0 Å². The molecule has 0 bridgehead atoms. The maximum absolute atomic E-state index is 14.7. The molecule has 478 valence electrons. The number of hydrogen-bond donors (Lipinski definition) is 16. The van der Waals surface area contributed by atoms with E-state index in [1.165, 1.54) is 41.7 Å². The second-order valence-electron chi connectivity index (χ2n) is 23.1. The Bertz CT molecular complexity index is 3090. The monoisotopic (exact) mass is 1230 g/mol. The fourth-order valence-corrected chi connectivity index (χ4v) is 10.1. The first-order valence-electron chi connectivity index (χ1n) is 29.2. The number of phenolic OH excluding ortho intramolecular Hbond substituents is 1. The first kappa shape index (κ1) is 68.0. The van der Waals surface area contributed by atoms with E-state index in [9.17, 15) is 63.0 Å². The summed E-state index contributed by atoms with van der Waals surface area (Å²) >= 11 is 0. The van der Waals surface area contributed by atoms with Gasteiger partial charge in [-0.3, -0.25) is 53.4 Å². The third kappa shape index (κ3) is 20.2. The number of aromatic nitrogens is 3. The molecule has 4 heterocycles. The summed E-state index contributed by atoms with van der Waals surface area (Å²) in [7, 11) is 0. The number of hydrazine groups is 1. The van der Waals surface area contributed by atoms with E-state index in [1.54, 1.807) is 65.1 Å². The number of aromatic hydroxyl groups is 1. The molecule has 4 aromatic rings. The number of aliphatic hydroxyl groups excluding tert-OH is 1. The first-order valence-corrected chi connectivity index (χ1v) is 29.2. The van der Waals surface area contributed by atoms with Gasteiger partial charge in [0.05, 0.1) is 25.1 Å². The van der Waals surface area contributed by atoms with Crippen LogP contribution in [0.1, 0.15) is 96.4 Å². The van der Waals surface area contributed by atoms with Crippen LogP contribution >= 0.6 is 0 Å². The maximum atomic E-state index is 14.7. The number of carbonyl (C=O) groups is 11. The molecule has 2 saturated heterocycles. The van der Waals surface area contributed by atoms with Crippen LogP contribution in [-0.4, -0.2) is 181 Å².